The lowest BCUT2D eigenvalue weighted by Crippen LogP contribution is -2.18. The van der Waals surface area contributed by atoms with Gasteiger partial charge in [-0.2, -0.15) is 30.8 Å². The van der Waals surface area contributed by atoms with E-state index >= 15 is 0 Å². The molecule has 3 heterocycles. The number of nitrogens with one attached hydrogen (secondary N) is 2. The quantitative estimate of drug-likeness (QED) is 0.503. The molecule has 0 unspecified atom stereocenters. The molecule has 9 heteroatoms. The monoisotopic (exact) mass is 371 g/mol. The van der Waals surface area contributed by atoms with Gasteiger partial charge in [0.1, 0.15) is 28.1 Å². The molecule has 0 spiro atoms. The molecule has 0 radical (unpaired) electrons. The van der Waals surface area contributed by atoms with Crippen LogP contribution in [-0.2, 0) is 12.8 Å². The summed E-state index contributed by atoms with van der Waals surface area (Å²) in [7, 11) is 0. The molecule has 1 aliphatic rings. The summed E-state index contributed by atoms with van der Waals surface area (Å²) in [6, 6.07) is 12.1. The maximum absolute atomic E-state index is 4.57. The first-order valence-electron chi connectivity index (χ1n) is 9.40. The van der Waals surface area contributed by atoms with E-state index in [9.17, 15) is 0 Å². The molecule has 0 fully saturated rings. The van der Waals surface area contributed by atoms with Gasteiger partial charge in [0.15, 0.2) is 0 Å². The molecule has 0 saturated heterocycles. The van der Waals surface area contributed by atoms with E-state index in [0.717, 1.165) is 58.2 Å². The Kier molecular flexibility index (Phi) is 3.28. The Morgan fingerprint density at radius 1 is 0.750 bits per heavy atom. The molecule has 0 amide bonds. The van der Waals surface area contributed by atoms with E-state index in [1.807, 2.05) is 12.1 Å². The summed E-state index contributed by atoms with van der Waals surface area (Å²) in [6.45, 7) is 0. The number of fused-ring (bicyclic) bond motifs is 3. The number of aromatic amines is 2. The number of rotatable bonds is 3. The van der Waals surface area contributed by atoms with Gasteiger partial charge in [-0.15, -0.1) is 5.10 Å². The van der Waals surface area contributed by atoms with Crippen LogP contribution in [-0.4, -0.2) is 45.8 Å². The second-order valence-electron chi connectivity index (χ2n) is 7.18. The number of benzene rings is 2. The lowest BCUT2D eigenvalue weighted by Gasteiger charge is -2.22. The number of hydrogen-bond acceptors (Lipinski definition) is 6. The lowest BCUT2D eigenvalue weighted by atomic mass is 9.95. The van der Waals surface area contributed by atoms with Crippen LogP contribution in [0.1, 0.15) is 41.4 Å². The molecule has 28 heavy (non-hydrogen) atoms. The zero-order chi connectivity index (χ0) is 18.5. The summed E-state index contributed by atoms with van der Waals surface area (Å²) in [4.78, 5) is 0. The molecule has 138 valence electrons. The van der Waals surface area contributed by atoms with Crippen molar-refractivity contribution in [3.05, 3.63) is 58.9 Å². The fourth-order valence-corrected chi connectivity index (χ4v) is 4.12. The number of nitrogens with zero attached hydrogens (tertiary/aromatic N) is 7. The van der Waals surface area contributed by atoms with Crippen LogP contribution in [0.4, 0.5) is 0 Å². The van der Waals surface area contributed by atoms with Crippen molar-refractivity contribution in [3.63, 3.8) is 0 Å². The van der Waals surface area contributed by atoms with Crippen LogP contribution in [0.25, 0.3) is 22.1 Å². The van der Waals surface area contributed by atoms with E-state index < -0.39 is 0 Å². The maximum Gasteiger partial charge on any atom is 0.113 e. The van der Waals surface area contributed by atoms with Gasteiger partial charge in [0.05, 0.1) is 11.4 Å². The standard InChI is InChI=1S/C19H17N9/c1-2-4-18-15(3-1)24-27-28(18)19(11-5-7-13-16(9-11)22-25-20-13)12-6-8-14-17(10-12)23-26-21-14/h5-10,19H,1-4H2,(H,20,22,25)(H,21,23,26). The maximum atomic E-state index is 4.57. The Hall–Kier alpha value is -3.62. The lowest BCUT2D eigenvalue weighted by molar-refractivity contribution is 0.534. The molecule has 0 saturated carbocycles. The molecule has 9 nitrogen and oxygen atoms in total. The molecule has 0 bridgehead atoms. The topological polar surface area (TPSA) is 114 Å². The molecule has 2 aromatic carbocycles. The number of aryl methyl sites for hydroxylation is 1. The molecule has 0 aliphatic heterocycles. The third kappa shape index (κ3) is 2.32. The van der Waals surface area contributed by atoms with Crippen LogP contribution in [0.15, 0.2) is 36.4 Å². The smallest absolute Gasteiger partial charge is 0.113 e. The Morgan fingerprint density at radius 3 is 2.04 bits per heavy atom. The van der Waals surface area contributed by atoms with Crippen LogP contribution in [0, 0.1) is 0 Å². The molecule has 5 aromatic rings. The van der Waals surface area contributed by atoms with Crippen molar-refractivity contribution in [2.75, 3.05) is 0 Å². The van der Waals surface area contributed by atoms with E-state index in [0.29, 0.717) is 0 Å². The first-order chi connectivity index (χ1) is 13.9. The molecular formula is C19H17N9. The first-order valence-corrected chi connectivity index (χ1v) is 9.40. The highest BCUT2D eigenvalue weighted by atomic mass is 15.4. The van der Waals surface area contributed by atoms with Gasteiger partial charge in [-0.05, 0) is 61.1 Å². The van der Waals surface area contributed by atoms with Crippen LogP contribution >= 0.6 is 0 Å². The van der Waals surface area contributed by atoms with Gasteiger partial charge in [-0.3, -0.25) is 0 Å². The Bertz CT molecular complexity index is 1220. The van der Waals surface area contributed by atoms with E-state index in [1.54, 1.807) is 0 Å². The second kappa shape index (κ2) is 5.95. The third-order valence-corrected chi connectivity index (χ3v) is 5.51. The minimum absolute atomic E-state index is 0.114. The van der Waals surface area contributed by atoms with Crippen molar-refractivity contribution < 1.29 is 0 Å². The van der Waals surface area contributed by atoms with Gasteiger partial charge in [0.2, 0.25) is 0 Å². The van der Waals surface area contributed by atoms with Crippen LogP contribution in [0.5, 0.6) is 0 Å². The zero-order valence-electron chi connectivity index (χ0n) is 15.0. The zero-order valence-corrected chi connectivity index (χ0v) is 15.0. The van der Waals surface area contributed by atoms with Crippen LogP contribution in [0.3, 0.4) is 0 Å². The second-order valence-corrected chi connectivity index (χ2v) is 7.18. The third-order valence-electron chi connectivity index (χ3n) is 5.51. The largest absolute Gasteiger partial charge is 0.237 e. The normalized spacial score (nSPS) is 14.2. The van der Waals surface area contributed by atoms with E-state index in [2.05, 4.69) is 70.1 Å². The van der Waals surface area contributed by atoms with Crippen molar-refractivity contribution >= 4 is 22.1 Å². The number of aromatic nitrogens is 9. The van der Waals surface area contributed by atoms with Gasteiger partial charge >= 0.3 is 0 Å². The Labute approximate surface area is 159 Å². The predicted octanol–water partition coefficient (Wildman–Crippen LogP) is 2.34. The number of hydrogen-bond donors (Lipinski definition) is 2. The predicted molar refractivity (Wildman–Crippen MR) is 102 cm³/mol. The fraction of sp³-hybridized carbons (Fsp3) is 0.263. The summed E-state index contributed by atoms with van der Waals surface area (Å²) in [5.41, 5.74) is 7.85. The van der Waals surface area contributed by atoms with Gasteiger partial charge < -0.3 is 0 Å². The van der Waals surface area contributed by atoms with Crippen molar-refractivity contribution in [1.82, 2.24) is 45.8 Å². The minimum Gasteiger partial charge on any atom is -0.237 e. The van der Waals surface area contributed by atoms with Gasteiger partial charge in [0, 0.05) is 0 Å². The van der Waals surface area contributed by atoms with Gasteiger partial charge in [-0.25, -0.2) is 4.68 Å². The SMILES string of the molecule is c1cc2n[nH]nc2cc1C(c1ccc2n[nH]nc2c1)n1nnc2c1CCCC2. The molecular weight excluding hydrogens is 354 g/mol. The summed E-state index contributed by atoms with van der Waals surface area (Å²) in [6.07, 6.45) is 4.33. The molecule has 1 aliphatic carbocycles. The van der Waals surface area contributed by atoms with Crippen molar-refractivity contribution in [2.45, 2.75) is 31.7 Å². The molecule has 6 rings (SSSR count). The summed E-state index contributed by atoms with van der Waals surface area (Å²) in [5, 5.41) is 31.3. The van der Waals surface area contributed by atoms with Crippen LogP contribution in [0.2, 0.25) is 0 Å². The average Bonchev–Trinajstić information content (AvgIpc) is 3.47. The summed E-state index contributed by atoms with van der Waals surface area (Å²) >= 11 is 0. The minimum atomic E-state index is -0.114. The fourth-order valence-electron chi connectivity index (χ4n) is 4.12. The summed E-state index contributed by atoms with van der Waals surface area (Å²) in [5.74, 6) is 0. The molecule has 2 N–H and O–H groups in total. The van der Waals surface area contributed by atoms with E-state index in [1.165, 1.54) is 12.1 Å². The van der Waals surface area contributed by atoms with Crippen molar-refractivity contribution in [3.8, 4) is 0 Å². The summed E-state index contributed by atoms with van der Waals surface area (Å²) < 4.78 is 2.07. The van der Waals surface area contributed by atoms with Crippen molar-refractivity contribution in [2.24, 2.45) is 0 Å². The number of H-pyrrole nitrogens is 2. The molecule has 3 aromatic heterocycles. The van der Waals surface area contributed by atoms with Crippen molar-refractivity contribution in [1.29, 1.82) is 0 Å². The first kappa shape index (κ1) is 15.4. The van der Waals surface area contributed by atoms with E-state index in [-0.39, 0.29) is 6.04 Å². The Balaban J connectivity index is 1.58. The molecule has 0 atom stereocenters. The highest BCUT2D eigenvalue weighted by Crippen LogP contribution is 2.32. The van der Waals surface area contributed by atoms with Gasteiger partial charge in [0.25, 0.3) is 0 Å². The van der Waals surface area contributed by atoms with Gasteiger partial charge in [-0.1, -0.05) is 17.3 Å². The highest BCUT2D eigenvalue weighted by molar-refractivity contribution is 5.76. The average molecular weight is 371 g/mol. The highest BCUT2D eigenvalue weighted by Gasteiger charge is 2.26. The Morgan fingerprint density at radius 2 is 1.36 bits per heavy atom. The van der Waals surface area contributed by atoms with Crippen LogP contribution < -0.4 is 0 Å². The van der Waals surface area contributed by atoms with E-state index in [4.69, 9.17) is 0 Å².